The van der Waals surface area contributed by atoms with Gasteiger partial charge in [-0.2, -0.15) is 5.10 Å². The number of methoxy groups -OCH3 is 1. The summed E-state index contributed by atoms with van der Waals surface area (Å²) in [5.41, 5.74) is 5.73. The van der Waals surface area contributed by atoms with Crippen LogP contribution in [0.3, 0.4) is 0 Å². The summed E-state index contributed by atoms with van der Waals surface area (Å²) in [4.78, 5) is 24.5. The summed E-state index contributed by atoms with van der Waals surface area (Å²) < 4.78 is 22.1. The van der Waals surface area contributed by atoms with Gasteiger partial charge in [0.2, 0.25) is 0 Å². The first-order chi connectivity index (χ1) is 19.3. The number of hydrazone groups is 1. The van der Waals surface area contributed by atoms with Crippen molar-refractivity contribution in [2.45, 2.75) is 39.5 Å². The van der Waals surface area contributed by atoms with Gasteiger partial charge in [-0.15, -0.1) is 6.58 Å². The number of hydrogen-bond donors (Lipinski definition) is 4. The molecule has 4 N–H and O–H groups in total. The summed E-state index contributed by atoms with van der Waals surface area (Å²) >= 11 is 0. The maximum Gasteiger partial charge on any atom is 0.337 e. The smallest absolute Gasteiger partial charge is 0.337 e. The molecule has 3 rings (SSSR count). The van der Waals surface area contributed by atoms with Crippen molar-refractivity contribution >= 4 is 18.2 Å². The van der Waals surface area contributed by atoms with Crippen molar-refractivity contribution in [1.82, 2.24) is 16.1 Å². The molecule has 0 aliphatic carbocycles. The Morgan fingerprint density at radius 2 is 1.85 bits per heavy atom. The fourth-order valence-electron chi connectivity index (χ4n) is 4.11. The maximum atomic E-state index is 12.4. The van der Waals surface area contributed by atoms with Crippen LogP contribution in [0.15, 0.2) is 65.4 Å². The molecular formula is C29H36N4O7. The molecule has 0 bridgehead atoms. The number of ether oxygens (including phenoxy) is 4. The van der Waals surface area contributed by atoms with E-state index in [0.29, 0.717) is 42.4 Å². The van der Waals surface area contributed by atoms with Crippen molar-refractivity contribution in [2.24, 2.45) is 5.10 Å². The first kappa shape index (κ1) is 30.0. The zero-order chi connectivity index (χ0) is 29.1. The fraction of sp³-hybridized carbons (Fsp3) is 0.345. The van der Waals surface area contributed by atoms with E-state index in [4.69, 9.17) is 18.9 Å². The molecule has 0 spiro atoms. The van der Waals surface area contributed by atoms with Gasteiger partial charge in [0.25, 0.3) is 0 Å². The minimum atomic E-state index is -1.11. The number of aliphatic hydroxyl groups is 1. The number of benzene rings is 2. The van der Waals surface area contributed by atoms with Crippen LogP contribution in [-0.2, 0) is 16.0 Å². The second-order valence-electron chi connectivity index (χ2n) is 8.71. The average molecular weight is 553 g/mol. The molecule has 11 heteroatoms. The molecule has 1 aliphatic heterocycles. The van der Waals surface area contributed by atoms with Gasteiger partial charge >= 0.3 is 12.0 Å². The molecule has 0 radical (unpaired) electrons. The van der Waals surface area contributed by atoms with Crippen molar-refractivity contribution in [3.8, 4) is 17.2 Å². The second kappa shape index (κ2) is 14.6. The van der Waals surface area contributed by atoms with E-state index in [1.54, 1.807) is 37.4 Å². The quantitative estimate of drug-likeness (QED) is 0.0920. The molecule has 0 saturated heterocycles. The highest BCUT2D eigenvalue weighted by Crippen LogP contribution is 2.35. The molecule has 0 fully saturated rings. The largest absolute Gasteiger partial charge is 0.494 e. The number of nitrogens with zero attached hydrogens (tertiary/aromatic N) is 1. The van der Waals surface area contributed by atoms with Gasteiger partial charge in [-0.25, -0.2) is 9.59 Å². The minimum absolute atomic E-state index is 0.127. The van der Waals surface area contributed by atoms with Crippen LogP contribution < -0.4 is 30.3 Å². The molecule has 0 unspecified atom stereocenters. The van der Waals surface area contributed by atoms with Crippen LogP contribution in [0.4, 0.5) is 4.79 Å². The minimum Gasteiger partial charge on any atom is -0.494 e. The lowest BCUT2D eigenvalue weighted by atomic mass is 9.95. The van der Waals surface area contributed by atoms with Crippen molar-refractivity contribution in [3.05, 3.63) is 77.0 Å². The van der Waals surface area contributed by atoms with Gasteiger partial charge in [-0.1, -0.05) is 12.1 Å². The lowest BCUT2D eigenvalue weighted by Gasteiger charge is -2.28. The monoisotopic (exact) mass is 552 g/mol. The van der Waals surface area contributed by atoms with Gasteiger partial charge in [-0.05, 0) is 74.2 Å². The Balaban J connectivity index is 1.68. The van der Waals surface area contributed by atoms with Crippen molar-refractivity contribution < 1.29 is 33.6 Å². The van der Waals surface area contributed by atoms with Crippen LogP contribution in [0.5, 0.6) is 17.2 Å². The molecule has 1 aliphatic rings. The Labute approximate surface area is 233 Å². The third-order valence-electron chi connectivity index (χ3n) is 5.86. The molecule has 40 heavy (non-hydrogen) atoms. The number of hydrogen-bond acceptors (Lipinski definition) is 9. The van der Waals surface area contributed by atoms with Gasteiger partial charge in [0, 0.05) is 5.70 Å². The predicted octanol–water partition coefficient (Wildman–Crippen LogP) is 3.33. The number of esters is 1. The number of aliphatic hydroxyl groups excluding tert-OH is 1. The first-order valence-corrected chi connectivity index (χ1v) is 12.9. The van der Waals surface area contributed by atoms with Gasteiger partial charge in [0.15, 0.2) is 17.7 Å². The first-order valence-electron chi connectivity index (χ1n) is 12.9. The van der Waals surface area contributed by atoms with Gasteiger partial charge in [0.1, 0.15) is 12.4 Å². The van der Waals surface area contributed by atoms with E-state index in [1.165, 1.54) is 7.11 Å². The lowest BCUT2D eigenvalue weighted by Crippen LogP contribution is -2.45. The number of allylic oxidation sites excluding steroid dienone is 2. The summed E-state index contributed by atoms with van der Waals surface area (Å²) in [5, 5.41) is 19.8. The van der Waals surface area contributed by atoms with Gasteiger partial charge in [0.05, 0.1) is 38.2 Å². The number of amides is 2. The SMILES string of the molecule is C=CCc1cc(/C=N\N[C@H](O)COc2ccc([C@@H]3NC(=O)NC(C)=C3C(=O)OC)cc2OCC)ccc1OCC. The van der Waals surface area contributed by atoms with Crippen LogP contribution >= 0.6 is 0 Å². The molecule has 2 aromatic carbocycles. The molecule has 214 valence electrons. The summed E-state index contributed by atoms with van der Waals surface area (Å²) in [6.45, 7) is 9.95. The zero-order valence-corrected chi connectivity index (χ0v) is 23.2. The van der Waals surface area contributed by atoms with Crippen LogP contribution in [0, 0.1) is 0 Å². The van der Waals surface area contributed by atoms with E-state index in [9.17, 15) is 14.7 Å². The molecule has 2 amide bonds. The van der Waals surface area contributed by atoms with Gasteiger partial charge < -0.3 is 34.7 Å². The van der Waals surface area contributed by atoms with Crippen molar-refractivity contribution in [3.63, 3.8) is 0 Å². The second-order valence-corrected chi connectivity index (χ2v) is 8.71. The van der Waals surface area contributed by atoms with E-state index >= 15 is 0 Å². The fourth-order valence-corrected chi connectivity index (χ4v) is 4.11. The molecular weight excluding hydrogens is 516 g/mol. The van der Waals surface area contributed by atoms with Gasteiger partial charge in [-0.3, -0.25) is 5.43 Å². The highest BCUT2D eigenvalue weighted by atomic mass is 16.5. The Hall–Kier alpha value is -4.51. The molecule has 1 heterocycles. The average Bonchev–Trinajstić information content (AvgIpc) is 2.93. The number of nitrogens with one attached hydrogen (secondary N) is 3. The van der Waals surface area contributed by atoms with E-state index < -0.39 is 24.3 Å². The van der Waals surface area contributed by atoms with E-state index in [2.05, 4.69) is 27.7 Å². The Bertz CT molecular complexity index is 1280. The molecule has 2 atom stereocenters. The van der Waals surface area contributed by atoms with Crippen LogP contribution in [0.2, 0.25) is 0 Å². The van der Waals surface area contributed by atoms with Crippen LogP contribution in [0.1, 0.15) is 43.5 Å². The van der Waals surface area contributed by atoms with E-state index in [0.717, 1.165) is 16.9 Å². The Kier molecular flexibility index (Phi) is 11.0. The molecule has 2 aromatic rings. The third-order valence-corrected chi connectivity index (χ3v) is 5.86. The summed E-state index contributed by atoms with van der Waals surface area (Å²) in [7, 11) is 1.28. The standard InChI is InChI=1S/C29H36N4O7/c1-6-9-20-14-19(10-12-22(20)38-7-2)16-30-33-25(34)17-40-23-13-11-21(15-24(23)39-8-3)27-26(28(35)37-5)18(4)31-29(36)32-27/h6,10-16,25,27,33-34H,1,7-9,17H2,2-5H3,(H2,31,32,36)/b30-16-/t25-,27+/m1/s1. The van der Waals surface area contributed by atoms with Crippen LogP contribution in [-0.4, -0.2) is 56.5 Å². The Morgan fingerprint density at radius 3 is 2.55 bits per heavy atom. The third kappa shape index (κ3) is 7.76. The normalized spacial score (nSPS) is 15.6. The van der Waals surface area contributed by atoms with Crippen molar-refractivity contribution in [2.75, 3.05) is 26.9 Å². The topological polar surface area (TPSA) is 140 Å². The van der Waals surface area contributed by atoms with Crippen molar-refractivity contribution in [1.29, 1.82) is 0 Å². The number of carbonyl (C=O) groups is 2. The zero-order valence-electron chi connectivity index (χ0n) is 23.2. The highest BCUT2D eigenvalue weighted by molar-refractivity contribution is 5.95. The molecule has 0 aromatic heterocycles. The molecule has 0 saturated carbocycles. The number of carbonyl (C=O) groups excluding carboxylic acids is 2. The molecule has 11 nitrogen and oxygen atoms in total. The van der Waals surface area contributed by atoms with E-state index in [1.807, 2.05) is 32.0 Å². The maximum absolute atomic E-state index is 12.4. The number of rotatable bonds is 14. The number of urea groups is 1. The highest BCUT2D eigenvalue weighted by Gasteiger charge is 2.32. The van der Waals surface area contributed by atoms with E-state index in [-0.39, 0.29) is 12.2 Å². The summed E-state index contributed by atoms with van der Waals surface area (Å²) in [6, 6.07) is 9.54. The Morgan fingerprint density at radius 1 is 1.12 bits per heavy atom. The predicted molar refractivity (Wildman–Crippen MR) is 150 cm³/mol. The summed E-state index contributed by atoms with van der Waals surface area (Å²) in [5.74, 6) is 0.989. The lowest BCUT2D eigenvalue weighted by molar-refractivity contribution is -0.136. The summed E-state index contributed by atoms with van der Waals surface area (Å²) in [6.07, 6.45) is 2.94. The van der Waals surface area contributed by atoms with Crippen LogP contribution in [0.25, 0.3) is 0 Å².